The summed E-state index contributed by atoms with van der Waals surface area (Å²) in [5.41, 5.74) is 0.954. The predicted octanol–water partition coefficient (Wildman–Crippen LogP) is 2.82. The van der Waals surface area contributed by atoms with Crippen molar-refractivity contribution in [1.82, 2.24) is 0 Å². The van der Waals surface area contributed by atoms with Gasteiger partial charge in [0, 0.05) is 7.05 Å². The number of hydrogen-bond acceptors (Lipinski definition) is 3. The first-order valence-corrected chi connectivity index (χ1v) is 4.61. The van der Waals surface area contributed by atoms with Gasteiger partial charge in [0.2, 0.25) is 0 Å². The molecular formula is C9H9Cl2NO2. The lowest BCUT2D eigenvalue weighted by Gasteiger charge is -2.08. The summed E-state index contributed by atoms with van der Waals surface area (Å²) >= 11 is 11.6. The van der Waals surface area contributed by atoms with Crippen LogP contribution in [0.3, 0.4) is 0 Å². The molecule has 1 aromatic rings. The first kappa shape index (κ1) is 11.1. The molecule has 0 heterocycles. The number of halogens is 2. The van der Waals surface area contributed by atoms with Gasteiger partial charge in [0.05, 0.1) is 28.4 Å². The molecule has 0 aliphatic rings. The number of benzene rings is 1. The molecule has 0 aromatic heterocycles. The van der Waals surface area contributed by atoms with Gasteiger partial charge in [0.25, 0.3) is 0 Å². The van der Waals surface area contributed by atoms with Crippen LogP contribution < -0.4 is 5.32 Å². The van der Waals surface area contributed by atoms with Crippen LogP contribution in [0.5, 0.6) is 0 Å². The standard InChI is InChI=1S/C9H9Cl2NO2/c1-12-8-4-7(11)6(10)3-5(8)9(13)14-2/h3-4,12H,1-2H3. The summed E-state index contributed by atoms with van der Waals surface area (Å²) in [4.78, 5) is 11.3. The van der Waals surface area contributed by atoms with Crippen molar-refractivity contribution in [3.05, 3.63) is 27.7 Å². The smallest absolute Gasteiger partial charge is 0.340 e. The van der Waals surface area contributed by atoms with Gasteiger partial charge in [-0.15, -0.1) is 0 Å². The third-order valence-electron chi connectivity index (χ3n) is 1.74. The predicted molar refractivity (Wildman–Crippen MR) is 57.3 cm³/mol. The molecule has 0 bridgehead atoms. The van der Waals surface area contributed by atoms with E-state index in [0.717, 1.165) is 0 Å². The number of methoxy groups -OCH3 is 1. The third kappa shape index (κ3) is 2.11. The zero-order chi connectivity index (χ0) is 10.7. The van der Waals surface area contributed by atoms with E-state index in [2.05, 4.69) is 10.1 Å². The van der Waals surface area contributed by atoms with E-state index in [0.29, 0.717) is 21.3 Å². The Hall–Kier alpha value is -0.930. The molecule has 5 heteroatoms. The average molecular weight is 234 g/mol. The van der Waals surface area contributed by atoms with Crippen LogP contribution in [0.1, 0.15) is 10.4 Å². The van der Waals surface area contributed by atoms with Gasteiger partial charge in [0.15, 0.2) is 0 Å². The van der Waals surface area contributed by atoms with Crippen molar-refractivity contribution in [3.63, 3.8) is 0 Å². The molecule has 0 radical (unpaired) electrons. The summed E-state index contributed by atoms with van der Waals surface area (Å²) in [5, 5.41) is 3.55. The summed E-state index contributed by atoms with van der Waals surface area (Å²) in [7, 11) is 3.00. The van der Waals surface area contributed by atoms with E-state index < -0.39 is 5.97 Å². The van der Waals surface area contributed by atoms with Crippen LogP contribution in [-0.2, 0) is 4.74 Å². The van der Waals surface area contributed by atoms with Crippen molar-refractivity contribution in [3.8, 4) is 0 Å². The Morgan fingerprint density at radius 3 is 2.43 bits per heavy atom. The lowest BCUT2D eigenvalue weighted by Crippen LogP contribution is -2.05. The number of rotatable bonds is 2. The van der Waals surface area contributed by atoms with Crippen LogP contribution in [0, 0.1) is 0 Å². The molecule has 0 unspecified atom stereocenters. The lowest BCUT2D eigenvalue weighted by atomic mass is 10.2. The normalized spacial score (nSPS) is 9.71. The molecule has 1 aromatic carbocycles. The van der Waals surface area contributed by atoms with E-state index >= 15 is 0 Å². The van der Waals surface area contributed by atoms with Crippen molar-refractivity contribution in [2.75, 3.05) is 19.5 Å². The van der Waals surface area contributed by atoms with E-state index in [-0.39, 0.29) is 0 Å². The fourth-order valence-corrected chi connectivity index (χ4v) is 1.36. The molecule has 0 aliphatic carbocycles. The highest BCUT2D eigenvalue weighted by Gasteiger charge is 2.13. The van der Waals surface area contributed by atoms with Crippen LogP contribution in [0.15, 0.2) is 12.1 Å². The van der Waals surface area contributed by atoms with Crippen LogP contribution in [0.2, 0.25) is 10.0 Å². The van der Waals surface area contributed by atoms with Crippen molar-refractivity contribution in [2.45, 2.75) is 0 Å². The van der Waals surface area contributed by atoms with Crippen LogP contribution in [0.25, 0.3) is 0 Å². The lowest BCUT2D eigenvalue weighted by molar-refractivity contribution is 0.0602. The minimum Gasteiger partial charge on any atom is -0.465 e. The summed E-state index contributed by atoms with van der Waals surface area (Å²) < 4.78 is 4.59. The minimum absolute atomic E-state index is 0.325. The molecule has 0 saturated carbocycles. The molecule has 0 amide bonds. The van der Waals surface area contributed by atoms with E-state index in [1.165, 1.54) is 13.2 Å². The zero-order valence-corrected chi connectivity index (χ0v) is 9.24. The Bertz CT molecular complexity index is 366. The number of carbonyl (C=O) groups excluding carboxylic acids is 1. The average Bonchev–Trinajstić information content (AvgIpc) is 2.20. The third-order valence-corrected chi connectivity index (χ3v) is 2.46. The minimum atomic E-state index is -0.451. The number of ether oxygens (including phenoxy) is 1. The van der Waals surface area contributed by atoms with E-state index in [9.17, 15) is 4.79 Å². The largest absolute Gasteiger partial charge is 0.465 e. The first-order chi connectivity index (χ1) is 6.60. The quantitative estimate of drug-likeness (QED) is 0.799. The van der Waals surface area contributed by atoms with Crippen molar-refractivity contribution in [1.29, 1.82) is 0 Å². The summed E-state index contributed by atoms with van der Waals surface area (Å²) in [6.45, 7) is 0. The van der Waals surface area contributed by atoms with Gasteiger partial charge in [0.1, 0.15) is 0 Å². The van der Waals surface area contributed by atoms with Gasteiger partial charge in [-0.05, 0) is 12.1 Å². The number of nitrogens with one attached hydrogen (secondary N) is 1. The highest BCUT2D eigenvalue weighted by molar-refractivity contribution is 6.42. The molecule has 76 valence electrons. The second-order valence-corrected chi connectivity index (χ2v) is 3.37. The maximum Gasteiger partial charge on any atom is 0.340 e. The summed E-state index contributed by atoms with van der Waals surface area (Å²) in [6, 6.07) is 3.05. The van der Waals surface area contributed by atoms with Crippen LogP contribution in [-0.4, -0.2) is 20.1 Å². The molecule has 0 fully saturated rings. The summed E-state index contributed by atoms with van der Waals surface area (Å²) in [5.74, 6) is -0.451. The van der Waals surface area contributed by atoms with Crippen LogP contribution >= 0.6 is 23.2 Å². The number of anilines is 1. The SMILES string of the molecule is CNc1cc(Cl)c(Cl)cc1C(=O)OC. The van der Waals surface area contributed by atoms with E-state index in [4.69, 9.17) is 23.2 Å². The van der Waals surface area contributed by atoms with Gasteiger partial charge in [-0.3, -0.25) is 0 Å². The van der Waals surface area contributed by atoms with Crippen molar-refractivity contribution in [2.24, 2.45) is 0 Å². The fraction of sp³-hybridized carbons (Fsp3) is 0.222. The van der Waals surface area contributed by atoms with Gasteiger partial charge in [-0.2, -0.15) is 0 Å². The fourth-order valence-electron chi connectivity index (χ4n) is 1.03. The highest BCUT2D eigenvalue weighted by Crippen LogP contribution is 2.29. The number of carbonyl (C=O) groups is 1. The Labute approximate surface area is 92.0 Å². The maximum atomic E-state index is 11.3. The Balaban J connectivity index is 3.27. The van der Waals surface area contributed by atoms with Gasteiger partial charge in [-0.1, -0.05) is 23.2 Å². The Morgan fingerprint density at radius 2 is 1.93 bits per heavy atom. The van der Waals surface area contributed by atoms with Gasteiger partial charge in [-0.25, -0.2) is 4.79 Å². The second-order valence-electron chi connectivity index (χ2n) is 2.55. The Morgan fingerprint density at radius 1 is 1.36 bits per heavy atom. The van der Waals surface area contributed by atoms with E-state index in [1.807, 2.05) is 0 Å². The number of esters is 1. The van der Waals surface area contributed by atoms with Gasteiger partial charge >= 0.3 is 5.97 Å². The van der Waals surface area contributed by atoms with E-state index in [1.54, 1.807) is 13.1 Å². The molecule has 1 rings (SSSR count). The maximum absolute atomic E-state index is 11.3. The summed E-state index contributed by atoms with van der Waals surface area (Å²) in [6.07, 6.45) is 0. The van der Waals surface area contributed by atoms with Crippen molar-refractivity contribution >= 4 is 34.9 Å². The molecule has 0 spiro atoms. The molecule has 14 heavy (non-hydrogen) atoms. The van der Waals surface area contributed by atoms with Gasteiger partial charge < -0.3 is 10.1 Å². The molecule has 1 N–H and O–H groups in total. The molecule has 0 atom stereocenters. The molecule has 3 nitrogen and oxygen atoms in total. The molecular weight excluding hydrogens is 225 g/mol. The zero-order valence-electron chi connectivity index (χ0n) is 7.73. The first-order valence-electron chi connectivity index (χ1n) is 3.85. The monoisotopic (exact) mass is 233 g/mol. The Kier molecular flexibility index (Phi) is 3.61. The topological polar surface area (TPSA) is 38.3 Å². The highest BCUT2D eigenvalue weighted by atomic mass is 35.5. The second kappa shape index (κ2) is 4.53. The molecule has 0 aliphatic heterocycles. The molecule has 0 saturated heterocycles. The number of hydrogen-bond donors (Lipinski definition) is 1. The van der Waals surface area contributed by atoms with Crippen LogP contribution in [0.4, 0.5) is 5.69 Å². The van der Waals surface area contributed by atoms with Crippen molar-refractivity contribution < 1.29 is 9.53 Å².